The lowest BCUT2D eigenvalue weighted by Crippen LogP contribution is -2.51. The fraction of sp³-hybridized carbons (Fsp3) is 0.469. The van der Waals surface area contributed by atoms with E-state index in [1.807, 2.05) is 42.5 Å². The molecule has 2 aromatic carbocycles. The van der Waals surface area contributed by atoms with Crippen molar-refractivity contribution in [3.05, 3.63) is 54.1 Å². The maximum Gasteiger partial charge on any atom is 0.317 e. The van der Waals surface area contributed by atoms with Crippen molar-refractivity contribution in [1.29, 1.82) is 0 Å². The lowest BCUT2D eigenvalue weighted by Gasteiger charge is -2.55. The largest absolute Gasteiger partial charge is 0.493 e. The number of anilines is 4. The summed E-state index contributed by atoms with van der Waals surface area (Å²) in [7, 11) is 1.59. The summed E-state index contributed by atoms with van der Waals surface area (Å²) in [5, 5.41) is 7.64. The van der Waals surface area contributed by atoms with Crippen molar-refractivity contribution in [3.63, 3.8) is 0 Å². The van der Waals surface area contributed by atoms with Crippen LogP contribution in [0.4, 0.5) is 23.5 Å². The highest BCUT2D eigenvalue weighted by molar-refractivity contribution is 5.83. The quantitative estimate of drug-likeness (QED) is 0.143. The van der Waals surface area contributed by atoms with Gasteiger partial charge in [0, 0.05) is 18.8 Å². The molecule has 5 fully saturated rings. The first-order valence-corrected chi connectivity index (χ1v) is 15.1. The number of hydrogen-bond acceptors (Lipinski definition) is 10. The van der Waals surface area contributed by atoms with Gasteiger partial charge in [0.2, 0.25) is 17.8 Å². The van der Waals surface area contributed by atoms with Gasteiger partial charge >= 0.3 is 5.97 Å². The van der Waals surface area contributed by atoms with Crippen LogP contribution in [-0.2, 0) is 4.79 Å². The molecule has 10 heteroatoms. The predicted molar refractivity (Wildman–Crippen MR) is 161 cm³/mol. The van der Waals surface area contributed by atoms with E-state index in [0.717, 1.165) is 56.4 Å². The van der Waals surface area contributed by atoms with Gasteiger partial charge < -0.3 is 19.7 Å². The van der Waals surface area contributed by atoms with E-state index in [0.29, 0.717) is 47.1 Å². The molecule has 2 N–H and O–H groups in total. The first kappa shape index (κ1) is 26.7. The van der Waals surface area contributed by atoms with Crippen molar-refractivity contribution >= 4 is 35.7 Å². The fourth-order valence-electron chi connectivity index (χ4n) is 7.76. The van der Waals surface area contributed by atoms with Gasteiger partial charge in [-0.05, 0) is 105 Å². The molecule has 10 nitrogen and oxygen atoms in total. The van der Waals surface area contributed by atoms with Crippen LogP contribution in [0.25, 0.3) is 0 Å². The van der Waals surface area contributed by atoms with E-state index >= 15 is 0 Å². The normalized spacial score (nSPS) is 26.0. The highest BCUT2D eigenvalue weighted by atomic mass is 16.6. The summed E-state index contributed by atoms with van der Waals surface area (Å²) in [6.07, 6.45) is 10.7. The summed E-state index contributed by atoms with van der Waals surface area (Å²) < 4.78 is 11.6. The molecule has 0 amide bonds. The van der Waals surface area contributed by atoms with Gasteiger partial charge in [-0.25, -0.2) is 5.43 Å². The Morgan fingerprint density at radius 3 is 2.31 bits per heavy atom. The molecule has 3 aromatic rings. The highest BCUT2D eigenvalue weighted by Crippen LogP contribution is 2.60. The number of hydrogen-bond donors (Lipinski definition) is 2. The second kappa shape index (κ2) is 11.2. The van der Waals surface area contributed by atoms with E-state index in [9.17, 15) is 4.79 Å². The Kier molecular flexibility index (Phi) is 7.13. The number of aromatic nitrogens is 3. The van der Waals surface area contributed by atoms with Crippen molar-refractivity contribution in [1.82, 2.24) is 15.0 Å². The minimum Gasteiger partial charge on any atom is -0.493 e. The van der Waals surface area contributed by atoms with Gasteiger partial charge in [-0.15, -0.1) is 0 Å². The Balaban J connectivity index is 1.05. The van der Waals surface area contributed by atoms with Gasteiger partial charge in [-0.1, -0.05) is 18.2 Å². The lowest BCUT2D eigenvalue weighted by molar-refractivity contribution is -0.161. The fourth-order valence-corrected chi connectivity index (χ4v) is 7.76. The zero-order valence-corrected chi connectivity index (χ0v) is 24.0. The van der Waals surface area contributed by atoms with Crippen LogP contribution < -0.4 is 25.1 Å². The molecule has 4 saturated carbocycles. The number of benzene rings is 2. The Hall–Kier alpha value is -4.21. The number of carbonyl (C=O) groups excluding carboxylic acids is 1. The van der Waals surface area contributed by atoms with Gasteiger partial charge in [0.25, 0.3) is 0 Å². The standard InChI is InChI=1S/C32H37N7O3/c1-41-27-16-21(9-10-26(27)42-28(40)32-17-22-13-23(18-32)15-24(14-22)19-32)20-33-38-30-35-29(34-25-7-3-2-4-8-25)36-31(37-30)39-11-5-6-12-39/h2-4,7-10,16,20,22-24H,5-6,11-15,17-19H2,1H3,(H2,34,35,36,37,38)/b33-20-. The van der Waals surface area contributed by atoms with Crippen LogP contribution in [0.5, 0.6) is 11.5 Å². The van der Waals surface area contributed by atoms with E-state index in [1.165, 1.54) is 19.3 Å². The van der Waals surface area contributed by atoms with E-state index < -0.39 is 0 Å². The molecular weight excluding hydrogens is 530 g/mol. The number of nitrogens with one attached hydrogen (secondary N) is 2. The summed E-state index contributed by atoms with van der Waals surface area (Å²) in [4.78, 5) is 29.4. The van der Waals surface area contributed by atoms with Crippen LogP contribution in [0, 0.1) is 23.2 Å². The lowest BCUT2D eigenvalue weighted by atomic mass is 9.49. The molecule has 218 valence electrons. The summed E-state index contributed by atoms with van der Waals surface area (Å²) in [5.74, 6) is 4.30. The number of para-hydroxylation sites is 1. The maximum absolute atomic E-state index is 13.5. The van der Waals surface area contributed by atoms with Crippen LogP contribution in [0.3, 0.4) is 0 Å². The molecule has 5 aliphatic rings. The topological polar surface area (TPSA) is 114 Å². The van der Waals surface area contributed by atoms with E-state index in [-0.39, 0.29) is 11.4 Å². The molecule has 0 atom stereocenters. The molecule has 1 aliphatic heterocycles. The molecule has 8 rings (SSSR count). The molecule has 0 unspecified atom stereocenters. The predicted octanol–water partition coefficient (Wildman–Crippen LogP) is 5.79. The molecule has 0 radical (unpaired) electrons. The van der Waals surface area contributed by atoms with Crippen LogP contribution in [0.2, 0.25) is 0 Å². The average Bonchev–Trinajstić information content (AvgIpc) is 3.53. The molecule has 4 aliphatic carbocycles. The van der Waals surface area contributed by atoms with Crippen molar-refractivity contribution < 1.29 is 14.3 Å². The molecule has 42 heavy (non-hydrogen) atoms. The number of ether oxygens (including phenoxy) is 2. The zero-order valence-electron chi connectivity index (χ0n) is 24.0. The van der Waals surface area contributed by atoms with Crippen LogP contribution in [-0.4, -0.2) is 47.3 Å². The number of hydrazone groups is 1. The Morgan fingerprint density at radius 2 is 1.62 bits per heavy atom. The number of nitrogens with zero attached hydrogens (tertiary/aromatic N) is 5. The van der Waals surface area contributed by atoms with Crippen LogP contribution in [0.1, 0.15) is 56.9 Å². The minimum atomic E-state index is -0.323. The third-order valence-corrected chi connectivity index (χ3v) is 9.28. The highest BCUT2D eigenvalue weighted by Gasteiger charge is 2.55. The van der Waals surface area contributed by atoms with E-state index in [4.69, 9.17) is 9.47 Å². The van der Waals surface area contributed by atoms with E-state index in [1.54, 1.807) is 19.4 Å². The number of carbonyl (C=O) groups is 1. The molecule has 2 heterocycles. The Morgan fingerprint density at radius 1 is 0.929 bits per heavy atom. The van der Waals surface area contributed by atoms with Crippen LogP contribution in [0.15, 0.2) is 53.6 Å². The van der Waals surface area contributed by atoms with Gasteiger partial charge in [0.15, 0.2) is 11.5 Å². The SMILES string of the molecule is COc1cc(/C=N\Nc2nc(Nc3ccccc3)nc(N3CCCC3)n2)ccc1OC(=O)C12CC3CC(CC(C3)C1)C2. The van der Waals surface area contributed by atoms with Crippen molar-refractivity contribution in [2.24, 2.45) is 28.3 Å². The molecular formula is C32H37N7O3. The molecule has 1 saturated heterocycles. The van der Waals surface area contributed by atoms with Crippen LogP contribution >= 0.6 is 0 Å². The third kappa shape index (κ3) is 5.49. The number of rotatable bonds is 9. The summed E-state index contributed by atoms with van der Waals surface area (Å²) in [5.41, 5.74) is 4.31. The van der Waals surface area contributed by atoms with Gasteiger partial charge in [-0.2, -0.15) is 20.1 Å². The first-order chi connectivity index (χ1) is 20.5. The van der Waals surface area contributed by atoms with Crippen molar-refractivity contribution in [2.75, 3.05) is 35.8 Å². The maximum atomic E-state index is 13.5. The second-order valence-corrected chi connectivity index (χ2v) is 12.3. The minimum absolute atomic E-state index is 0.0912. The third-order valence-electron chi connectivity index (χ3n) is 9.28. The molecule has 0 spiro atoms. The number of esters is 1. The van der Waals surface area contributed by atoms with Crippen molar-refractivity contribution in [3.8, 4) is 11.5 Å². The first-order valence-electron chi connectivity index (χ1n) is 15.1. The van der Waals surface area contributed by atoms with Gasteiger partial charge in [-0.3, -0.25) is 4.79 Å². The monoisotopic (exact) mass is 567 g/mol. The van der Waals surface area contributed by atoms with Gasteiger partial charge in [0.05, 0.1) is 18.7 Å². The molecule has 1 aromatic heterocycles. The molecule has 4 bridgehead atoms. The average molecular weight is 568 g/mol. The zero-order chi connectivity index (χ0) is 28.5. The number of methoxy groups -OCH3 is 1. The summed E-state index contributed by atoms with van der Waals surface area (Å²) >= 11 is 0. The van der Waals surface area contributed by atoms with E-state index in [2.05, 4.69) is 35.7 Å². The van der Waals surface area contributed by atoms with Crippen molar-refractivity contribution in [2.45, 2.75) is 51.4 Å². The van der Waals surface area contributed by atoms with Gasteiger partial charge in [0.1, 0.15) is 0 Å². The Labute approximate surface area is 245 Å². The summed E-state index contributed by atoms with van der Waals surface area (Å²) in [6.45, 7) is 1.83. The Bertz CT molecular complexity index is 1440. The second-order valence-electron chi connectivity index (χ2n) is 12.3. The smallest absolute Gasteiger partial charge is 0.317 e. The summed E-state index contributed by atoms with van der Waals surface area (Å²) in [6, 6.07) is 15.3.